The van der Waals surface area contributed by atoms with E-state index < -0.39 is 34.5 Å². The zero-order valence-electron chi connectivity index (χ0n) is 27.3. The van der Waals surface area contributed by atoms with Crippen LogP contribution < -0.4 is 11.5 Å². The fraction of sp³-hybridized carbons (Fsp3) is 0.375. The lowest BCUT2D eigenvalue weighted by Crippen LogP contribution is -2.38. The molecule has 1 unspecified atom stereocenters. The third-order valence-corrected chi connectivity index (χ3v) is 8.60. The highest BCUT2D eigenvalue weighted by Gasteiger charge is 2.53. The van der Waals surface area contributed by atoms with Crippen molar-refractivity contribution >= 4 is 62.0 Å². The summed E-state index contributed by atoms with van der Waals surface area (Å²) in [7, 11) is 0. The number of nitriles is 2. The molecule has 6 atom stereocenters. The van der Waals surface area contributed by atoms with Crippen molar-refractivity contribution in [1.82, 2.24) is 29.2 Å². The van der Waals surface area contributed by atoms with Crippen molar-refractivity contribution in [3.63, 3.8) is 0 Å². The van der Waals surface area contributed by atoms with E-state index in [0.717, 1.165) is 12.0 Å². The molecule has 0 radical (unpaired) electrons. The number of fused-ring (bicyclic) bond motifs is 2. The van der Waals surface area contributed by atoms with Gasteiger partial charge in [-0.25, -0.2) is 19.0 Å². The van der Waals surface area contributed by atoms with Crippen molar-refractivity contribution in [3.8, 4) is 12.1 Å². The molecule has 0 aliphatic carbocycles. The molecule has 2 aliphatic heterocycles. The molecule has 1 aromatic carbocycles. The summed E-state index contributed by atoms with van der Waals surface area (Å²) >= 11 is 14.4. The third-order valence-electron chi connectivity index (χ3n) is 8.60. The smallest absolute Gasteiger partial charge is 0.394 e. The first kappa shape index (κ1) is 38.0. The van der Waals surface area contributed by atoms with E-state index in [2.05, 4.69) is 26.2 Å². The lowest BCUT2D eigenvalue weighted by atomic mass is 9.93. The molecule has 7 rings (SSSR count). The number of ether oxygens (including phenoxy) is 3. The summed E-state index contributed by atoms with van der Waals surface area (Å²) in [6.07, 6.45) is 2.15. The van der Waals surface area contributed by atoms with E-state index in [-0.39, 0.29) is 24.9 Å². The Kier molecular flexibility index (Phi) is 12.2. The van der Waals surface area contributed by atoms with Gasteiger partial charge in [0, 0.05) is 12.8 Å². The van der Waals surface area contributed by atoms with Gasteiger partial charge in [0.25, 0.3) is 0 Å². The van der Waals surface area contributed by atoms with Crippen LogP contribution in [0.2, 0.25) is 0 Å². The number of hydrogen-bond donors (Lipinski definition) is 4. The van der Waals surface area contributed by atoms with E-state index in [1.54, 1.807) is 22.7 Å². The predicted octanol–water partition coefficient (Wildman–Crippen LogP) is 3.67. The molecule has 51 heavy (non-hydrogen) atoms. The van der Waals surface area contributed by atoms with Gasteiger partial charge in [0.1, 0.15) is 48.0 Å². The maximum absolute atomic E-state index is 10.2. The Hall–Kier alpha value is -4.23. The number of nitrogen functional groups attached to an aromatic ring is 2. The van der Waals surface area contributed by atoms with Crippen LogP contribution in [0, 0.1) is 22.7 Å². The van der Waals surface area contributed by atoms with Gasteiger partial charge in [0.15, 0.2) is 11.6 Å². The topological polar surface area (TPSA) is 228 Å². The number of rotatable bonds is 7. The van der Waals surface area contributed by atoms with Crippen molar-refractivity contribution in [2.45, 2.75) is 68.4 Å². The fourth-order valence-corrected chi connectivity index (χ4v) is 6.15. The van der Waals surface area contributed by atoms with E-state index in [0.29, 0.717) is 41.3 Å². The number of aliphatic hydroxyl groups excluding tert-OH is 2. The molecule has 2 saturated heterocycles. The first-order valence-corrected chi connectivity index (χ1v) is 17.1. The molecule has 4 aromatic heterocycles. The van der Waals surface area contributed by atoms with Gasteiger partial charge in [-0.3, -0.25) is 0 Å². The number of anilines is 2. The molecule has 6 heterocycles. The van der Waals surface area contributed by atoms with Gasteiger partial charge in [0.2, 0.25) is 11.2 Å². The second kappa shape index (κ2) is 16.4. The molecule has 0 spiro atoms. The van der Waals surface area contributed by atoms with Crippen LogP contribution in [0.15, 0.2) is 67.3 Å². The fourth-order valence-electron chi connectivity index (χ4n) is 6.15. The highest BCUT2D eigenvalue weighted by Crippen LogP contribution is 2.43. The molecule has 6 N–H and O–H groups in total. The standard InChI is InChI=1S/C20H21N5O2.C12H13N5O3.BCl3/c1-2-15-10-18(26-11-14-6-4-3-5-7-14)20(12-21,27-15)17-9-8-16-19(22)23-13-24-25(16)17;13-5-12(10(19)3-7(4-18)20-12)9-2-1-8-11(14)15-6-16-17(8)9;2-1(3)4/h3-9,13,15,18H,2,10-11H2,1H3,(H2,22,23,24);1-2,6-7,10,18-19H,3-4H2,(H2,14,15,16);/t15-,18-,20?;7-,10+,12-;/m10./s1. The van der Waals surface area contributed by atoms with Gasteiger partial charge in [-0.15, -0.1) is 0 Å². The van der Waals surface area contributed by atoms with Crippen LogP contribution in [0.5, 0.6) is 0 Å². The summed E-state index contributed by atoms with van der Waals surface area (Å²) in [5.41, 5.74) is 12.1. The van der Waals surface area contributed by atoms with Gasteiger partial charge in [-0.2, -0.15) is 55.1 Å². The first-order valence-electron chi connectivity index (χ1n) is 15.8. The summed E-state index contributed by atoms with van der Waals surface area (Å²) in [6.45, 7) is 2.19. The quantitative estimate of drug-likeness (QED) is 0.174. The van der Waals surface area contributed by atoms with E-state index in [4.69, 9.17) is 65.2 Å². The molecule has 2 fully saturated rings. The van der Waals surface area contributed by atoms with Crippen LogP contribution in [0.25, 0.3) is 11.0 Å². The summed E-state index contributed by atoms with van der Waals surface area (Å²) < 4.78 is 21.0. The van der Waals surface area contributed by atoms with E-state index in [1.807, 2.05) is 49.4 Å². The zero-order chi connectivity index (χ0) is 36.8. The minimum absolute atomic E-state index is 0.0600. The van der Waals surface area contributed by atoms with Gasteiger partial charge < -0.3 is 35.9 Å². The molecular formula is C32H34BCl3N10O5. The zero-order valence-corrected chi connectivity index (χ0v) is 29.5. The lowest BCUT2D eigenvalue weighted by Gasteiger charge is -2.27. The van der Waals surface area contributed by atoms with Gasteiger partial charge in [-0.1, -0.05) is 37.3 Å². The second-order valence-corrected chi connectivity index (χ2v) is 13.6. The molecule has 0 saturated carbocycles. The normalized spacial score (nSPS) is 25.3. The molecule has 0 bridgehead atoms. The van der Waals surface area contributed by atoms with E-state index in [9.17, 15) is 15.6 Å². The monoisotopic (exact) mass is 754 g/mol. The van der Waals surface area contributed by atoms with E-state index >= 15 is 0 Å². The number of halogens is 3. The molecule has 5 aromatic rings. The Labute approximate surface area is 308 Å². The van der Waals surface area contributed by atoms with Crippen LogP contribution in [-0.2, 0) is 32.0 Å². The Morgan fingerprint density at radius 3 is 1.90 bits per heavy atom. The molecule has 0 amide bonds. The van der Waals surface area contributed by atoms with Crippen molar-refractivity contribution in [3.05, 3.63) is 84.2 Å². The van der Waals surface area contributed by atoms with Crippen molar-refractivity contribution in [2.24, 2.45) is 0 Å². The maximum Gasteiger partial charge on any atom is 0.450 e. The number of nitrogens with zero attached hydrogens (tertiary/aromatic N) is 8. The van der Waals surface area contributed by atoms with Crippen molar-refractivity contribution in [2.75, 3.05) is 18.1 Å². The van der Waals surface area contributed by atoms with E-state index in [1.165, 1.54) is 17.2 Å². The summed E-state index contributed by atoms with van der Waals surface area (Å²) in [6, 6.07) is 21.2. The van der Waals surface area contributed by atoms with Gasteiger partial charge in [-0.05, 0) is 36.2 Å². The van der Waals surface area contributed by atoms with Crippen LogP contribution in [0.4, 0.5) is 11.6 Å². The summed E-state index contributed by atoms with van der Waals surface area (Å²) in [5, 5.41) is 47.3. The van der Waals surface area contributed by atoms with Crippen molar-refractivity contribution < 1.29 is 24.4 Å². The van der Waals surface area contributed by atoms with Crippen LogP contribution in [-0.4, -0.2) is 75.4 Å². The third kappa shape index (κ3) is 7.69. The van der Waals surface area contributed by atoms with Gasteiger partial charge >= 0.3 is 4.96 Å². The highest BCUT2D eigenvalue weighted by atomic mass is 35.6. The van der Waals surface area contributed by atoms with Crippen LogP contribution in [0.3, 0.4) is 0 Å². The first-order chi connectivity index (χ1) is 24.5. The predicted molar refractivity (Wildman–Crippen MR) is 190 cm³/mol. The maximum atomic E-state index is 10.2. The summed E-state index contributed by atoms with van der Waals surface area (Å²) in [4.78, 5) is 7.13. The SMILES string of the molecule is CC[C@@H]1C[C@@H](OCc2ccccc2)C(C#N)(c2ccc3c(N)ncnn23)O1.ClB(Cl)Cl.N#C[C@@]1(c2ccc3c(N)ncnn23)O[C@H](CO)C[C@H]1O. The Bertz CT molecular complexity index is 2020. The second-order valence-electron chi connectivity index (χ2n) is 11.6. The van der Waals surface area contributed by atoms with Crippen LogP contribution in [0.1, 0.15) is 43.1 Å². The Morgan fingerprint density at radius 2 is 1.41 bits per heavy atom. The lowest BCUT2D eigenvalue weighted by molar-refractivity contribution is -0.0802. The average molecular weight is 756 g/mol. The number of aliphatic hydroxyl groups is 2. The van der Waals surface area contributed by atoms with Crippen LogP contribution >= 0.6 is 34.4 Å². The largest absolute Gasteiger partial charge is 0.450 e. The Balaban J connectivity index is 0.000000185. The Morgan fingerprint density at radius 1 is 0.882 bits per heavy atom. The number of hydrogen-bond acceptors (Lipinski definition) is 13. The summed E-state index contributed by atoms with van der Waals surface area (Å²) in [5.74, 6) is 0.627. The number of aromatic nitrogens is 6. The van der Waals surface area contributed by atoms with Crippen molar-refractivity contribution in [1.29, 1.82) is 10.5 Å². The minimum atomic E-state index is -1.57. The molecule has 266 valence electrons. The number of benzene rings is 1. The number of nitrogens with two attached hydrogens (primary N) is 2. The average Bonchev–Trinajstić information content (AvgIpc) is 3.92. The molecular weight excluding hydrogens is 722 g/mol. The molecule has 19 heteroatoms. The molecule has 15 nitrogen and oxygen atoms in total. The highest BCUT2D eigenvalue weighted by molar-refractivity contribution is 7.54. The minimum Gasteiger partial charge on any atom is -0.394 e. The van der Waals surface area contributed by atoms with Gasteiger partial charge in [0.05, 0.1) is 36.8 Å². The molecule has 2 aliphatic rings.